The van der Waals surface area contributed by atoms with Crippen LogP contribution in [0.2, 0.25) is 0 Å². The Morgan fingerprint density at radius 3 is 2.30 bits per heavy atom. The maximum Gasteiger partial charge on any atom is -0.000473 e. The second kappa shape index (κ2) is 10.2. The molecule has 0 radical (unpaired) electrons. The summed E-state index contributed by atoms with van der Waals surface area (Å²) in [7, 11) is 0. The van der Waals surface area contributed by atoms with Crippen LogP contribution in [0.1, 0.15) is 32.1 Å². The molecule has 0 bridgehead atoms. The highest BCUT2D eigenvalue weighted by Gasteiger charge is 1.85. The SMILES string of the molecule is I/C=C/CCCCCCI. The fraction of sp³-hybridized carbons (Fsp3) is 0.750. The summed E-state index contributed by atoms with van der Waals surface area (Å²) in [6, 6.07) is 0. The van der Waals surface area contributed by atoms with Crippen molar-refractivity contribution in [3.63, 3.8) is 0 Å². The van der Waals surface area contributed by atoms with Crippen LogP contribution in [0.25, 0.3) is 0 Å². The summed E-state index contributed by atoms with van der Waals surface area (Å²) in [5.74, 6) is 0. The highest BCUT2D eigenvalue weighted by Crippen LogP contribution is 2.05. The highest BCUT2D eigenvalue weighted by atomic mass is 127. The second-order valence-corrected chi connectivity index (χ2v) is 4.05. The molecular formula is C8H14I2. The van der Waals surface area contributed by atoms with Gasteiger partial charge in [-0.25, -0.2) is 0 Å². The summed E-state index contributed by atoms with van der Waals surface area (Å²) in [4.78, 5) is 0. The van der Waals surface area contributed by atoms with E-state index in [1.54, 1.807) is 0 Å². The predicted molar refractivity (Wildman–Crippen MR) is 65.1 cm³/mol. The zero-order chi connectivity index (χ0) is 7.66. The number of unbranched alkanes of at least 4 members (excludes halogenated alkanes) is 4. The first kappa shape index (κ1) is 11.2. The van der Waals surface area contributed by atoms with Crippen molar-refractivity contribution >= 4 is 45.2 Å². The summed E-state index contributed by atoms with van der Waals surface area (Å²) >= 11 is 4.71. The molecule has 0 aliphatic carbocycles. The zero-order valence-electron chi connectivity index (χ0n) is 6.15. The van der Waals surface area contributed by atoms with Crippen LogP contribution in [0, 0.1) is 0 Å². The molecule has 0 nitrogen and oxygen atoms in total. The number of alkyl halides is 1. The summed E-state index contributed by atoms with van der Waals surface area (Å²) in [5.41, 5.74) is 0. The Morgan fingerprint density at radius 2 is 1.70 bits per heavy atom. The van der Waals surface area contributed by atoms with Crippen molar-refractivity contribution in [1.82, 2.24) is 0 Å². The molecule has 0 amide bonds. The lowest BCUT2D eigenvalue weighted by Gasteiger charge is -1.94. The van der Waals surface area contributed by atoms with Crippen LogP contribution in [0.5, 0.6) is 0 Å². The standard InChI is InChI=1S/C8H14I2/c9-7-5-3-1-2-4-6-8-10/h5,7H,1-4,6,8H2/b7-5+. The van der Waals surface area contributed by atoms with Crippen LogP contribution in [-0.2, 0) is 0 Å². The van der Waals surface area contributed by atoms with Gasteiger partial charge in [0.25, 0.3) is 0 Å². The Bertz CT molecular complexity index is 79.3. The molecule has 0 heterocycles. The van der Waals surface area contributed by atoms with E-state index in [1.807, 2.05) is 0 Å². The number of allylic oxidation sites excluding steroid dienone is 1. The number of hydrogen-bond acceptors (Lipinski definition) is 0. The summed E-state index contributed by atoms with van der Waals surface area (Å²) in [6.07, 6.45) is 9.10. The van der Waals surface area contributed by atoms with Crippen molar-refractivity contribution in [2.75, 3.05) is 4.43 Å². The largest absolute Gasteiger partial charge is 0.0864 e. The van der Waals surface area contributed by atoms with E-state index in [-0.39, 0.29) is 0 Å². The van der Waals surface area contributed by atoms with E-state index in [1.165, 1.54) is 36.5 Å². The van der Waals surface area contributed by atoms with E-state index in [4.69, 9.17) is 0 Å². The first-order valence-corrected chi connectivity index (χ1v) is 6.50. The number of hydrogen-bond donors (Lipinski definition) is 0. The molecule has 0 rings (SSSR count). The van der Waals surface area contributed by atoms with Gasteiger partial charge < -0.3 is 0 Å². The lowest BCUT2D eigenvalue weighted by Crippen LogP contribution is -1.77. The molecule has 0 atom stereocenters. The topological polar surface area (TPSA) is 0 Å². The van der Waals surface area contributed by atoms with Gasteiger partial charge in [0, 0.05) is 0 Å². The third kappa shape index (κ3) is 9.20. The average molecular weight is 364 g/mol. The molecule has 0 aromatic carbocycles. The van der Waals surface area contributed by atoms with E-state index >= 15 is 0 Å². The molecule has 2 heteroatoms. The molecule has 60 valence electrons. The Hall–Kier alpha value is 1.20. The monoisotopic (exact) mass is 364 g/mol. The van der Waals surface area contributed by atoms with Gasteiger partial charge in [0.2, 0.25) is 0 Å². The first-order chi connectivity index (χ1) is 4.91. The lowest BCUT2D eigenvalue weighted by atomic mass is 10.2. The molecular weight excluding hydrogens is 350 g/mol. The van der Waals surface area contributed by atoms with E-state index in [9.17, 15) is 0 Å². The second-order valence-electron chi connectivity index (χ2n) is 2.25. The lowest BCUT2D eigenvalue weighted by molar-refractivity contribution is 0.681. The molecule has 0 saturated carbocycles. The van der Waals surface area contributed by atoms with Gasteiger partial charge in [0.05, 0.1) is 0 Å². The summed E-state index contributed by atoms with van der Waals surface area (Å²) < 4.78 is 3.43. The fourth-order valence-electron chi connectivity index (χ4n) is 0.773. The first-order valence-electron chi connectivity index (χ1n) is 3.73. The van der Waals surface area contributed by atoms with Crippen LogP contribution in [0.4, 0.5) is 0 Å². The van der Waals surface area contributed by atoms with Gasteiger partial charge in [-0.3, -0.25) is 0 Å². The van der Waals surface area contributed by atoms with Gasteiger partial charge in [-0.1, -0.05) is 64.1 Å². The molecule has 0 aliphatic rings. The van der Waals surface area contributed by atoms with E-state index in [0.717, 1.165) is 0 Å². The smallest absolute Gasteiger partial charge is 0.000473 e. The Balaban J connectivity index is 2.77. The van der Waals surface area contributed by atoms with Crippen molar-refractivity contribution in [3.8, 4) is 0 Å². The molecule has 0 saturated heterocycles. The molecule has 10 heavy (non-hydrogen) atoms. The molecule has 0 N–H and O–H groups in total. The maximum absolute atomic E-state index is 2.44. The minimum absolute atomic E-state index is 1.27. The van der Waals surface area contributed by atoms with Crippen LogP contribution < -0.4 is 0 Å². The normalized spacial score (nSPS) is 11.0. The molecule has 0 unspecified atom stereocenters. The van der Waals surface area contributed by atoms with Crippen LogP contribution in [-0.4, -0.2) is 4.43 Å². The molecule has 0 fully saturated rings. The maximum atomic E-state index is 2.44. The predicted octanol–water partition coefficient (Wildman–Crippen LogP) is 4.32. The highest BCUT2D eigenvalue weighted by molar-refractivity contribution is 14.1. The van der Waals surface area contributed by atoms with E-state index in [2.05, 4.69) is 55.3 Å². The van der Waals surface area contributed by atoms with Crippen molar-refractivity contribution in [2.45, 2.75) is 32.1 Å². The zero-order valence-corrected chi connectivity index (χ0v) is 10.5. The van der Waals surface area contributed by atoms with Crippen LogP contribution >= 0.6 is 45.2 Å². The van der Waals surface area contributed by atoms with Gasteiger partial charge in [0.1, 0.15) is 0 Å². The average Bonchev–Trinajstić information content (AvgIpc) is 1.97. The van der Waals surface area contributed by atoms with Gasteiger partial charge >= 0.3 is 0 Å². The van der Waals surface area contributed by atoms with Crippen molar-refractivity contribution < 1.29 is 0 Å². The molecule has 0 spiro atoms. The van der Waals surface area contributed by atoms with Gasteiger partial charge in [-0.15, -0.1) is 0 Å². The molecule has 0 aromatic rings. The number of rotatable bonds is 6. The third-order valence-corrected chi connectivity index (χ3v) is 2.61. The van der Waals surface area contributed by atoms with E-state index < -0.39 is 0 Å². The Kier molecular flexibility index (Phi) is 11.4. The molecule has 0 aromatic heterocycles. The quantitative estimate of drug-likeness (QED) is 0.374. The van der Waals surface area contributed by atoms with Crippen molar-refractivity contribution in [2.24, 2.45) is 0 Å². The fourth-order valence-corrected chi connectivity index (χ4v) is 1.67. The summed E-state index contributed by atoms with van der Waals surface area (Å²) in [5, 5.41) is 0. The minimum atomic E-state index is 1.27. The van der Waals surface area contributed by atoms with Crippen molar-refractivity contribution in [1.29, 1.82) is 0 Å². The Morgan fingerprint density at radius 1 is 1.00 bits per heavy atom. The summed E-state index contributed by atoms with van der Waals surface area (Å²) in [6.45, 7) is 0. The minimum Gasteiger partial charge on any atom is -0.0864 e. The third-order valence-electron chi connectivity index (χ3n) is 1.34. The van der Waals surface area contributed by atoms with Crippen LogP contribution in [0.15, 0.2) is 10.2 Å². The van der Waals surface area contributed by atoms with E-state index in [0.29, 0.717) is 0 Å². The van der Waals surface area contributed by atoms with Gasteiger partial charge in [-0.2, -0.15) is 0 Å². The Labute approximate surface area is 91.1 Å². The van der Waals surface area contributed by atoms with Crippen LogP contribution in [0.3, 0.4) is 0 Å². The number of halogens is 2. The van der Waals surface area contributed by atoms with Gasteiger partial charge in [0.15, 0.2) is 0 Å². The van der Waals surface area contributed by atoms with Crippen molar-refractivity contribution in [3.05, 3.63) is 10.2 Å². The van der Waals surface area contributed by atoms with Gasteiger partial charge in [-0.05, 0) is 27.8 Å². The molecule has 0 aliphatic heterocycles.